The SMILES string of the molecule is CCOc1ccc(Nc2cccnc2N)cc1OCC. The number of nitrogen functional groups attached to an aromatic ring is 1. The largest absolute Gasteiger partial charge is 0.490 e. The van der Waals surface area contributed by atoms with Gasteiger partial charge in [0.1, 0.15) is 5.82 Å². The Bertz CT molecular complexity index is 573. The van der Waals surface area contributed by atoms with Crippen molar-refractivity contribution in [2.75, 3.05) is 24.3 Å². The van der Waals surface area contributed by atoms with Gasteiger partial charge in [-0.15, -0.1) is 0 Å². The van der Waals surface area contributed by atoms with E-state index in [9.17, 15) is 0 Å². The highest BCUT2D eigenvalue weighted by molar-refractivity contribution is 5.70. The molecule has 1 aromatic carbocycles. The van der Waals surface area contributed by atoms with Crippen LogP contribution in [0.3, 0.4) is 0 Å². The Morgan fingerprint density at radius 2 is 1.85 bits per heavy atom. The summed E-state index contributed by atoms with van der Waals surface area (Å²) in [5.74, 6) is 1.90. The maximum absolute atomic E-state index is 5.81. The van der Waals surface area contributed by atoms with Gasteiger partial charge in [0.15, 0.2) is 11.5 Å². The third kappa shape index (κ3) is 3.32. The molecule has 1 aromatic heterocycles. The fourth-order valence-corrected chi connectivity index (χ4v) is 1.81. The molecular weight excluding hydrogens is 254 g/mol. The number of nitrogens with one attached hydrogen (secondary N) is 1. The first-order chi connectivity index (χ1) is 9.74. The molecule has 0 atom stereocenters. The second-order valence-corrected chi connectivity index (χ2v) is 4.09. The molecule has 0 bridgehead atoms. The smallest absolute Gasteiger partial charge is 0.163 e. The molecule has 0 saturated heterocycles. The van der Waals surface area contributed by atoms with Gasteiger partial charge in [-0.2, -0.15) is 0 Å². The standard InChI is InChI=1S/C15H19N3O2/c1-3-19-13-8-7-11(10-14(13)20-4-2)18-12-6-5-9-17-15(12)16/h5-10,18H,3-4H2,1-2H3,(H2,16,17). The summed E-state index contributed by atoms with van der Waals surface area (Å²) in [6.45, 7) is 5.06. The molecule has 0 fully saturated rings. The minimum atomic E-state index is 0.458. The van der Waals surface area contributed by atoms with Crippen molar-refractivity contribution in [2.45, 2.75) is 13.8 Å². The van der Waals surface area contributed by atoms with E-state index in [4.69, 9.17) is 15.2 Å². The molecule has 0 unspecified atom stereocenters. The molecule has 0 aliphatic carbocycles. The van der Waals surface area contributed by atoms with E-state index in [1.165, 1.54) is 0 Å². The number of rotatable bonds is 6. The van der Waals surface area contributed by atoms with Crippen LogP contribution in [0.2, 0.25) is 0 Å². The van der Waals surface area contributed by atoms with Crippen molar-refractivity contribution < 1.29 is 9.47 Å². The highest BCUT2D eigenvalue weighted by Gasteiger charge is 2.07. The maximum atomic E-state index is 5.81. The summed E-state index contributed by atoms with van der Waals surface area (Å²) in [4.78, 5) is 4.04. The number of benzene rings is 1. The maximum Gasteiger partial charge on any atom is 0.163 e. The molecule has 3 N–H and O–H groups in total. The Hall–Kier alpha value is -2.43. The van der Waals surface area contributed by atoms with Gasteiger partial charge in [-0.25, -0.2) is 4.98 Å². The molecule has 0 aliphatic rings. The fourth-order valence-electron chi connectivity index (χ4n) is 1.81. The summed E-state index contributed by atoms with van der Waals surface area (Å²) in [5.41, 5.74) is 7.45. The van der Waals surface area contributed by atoms with E-state index in [1.807, 2.05) is 44.2 Å². The Morgan fingerprint density at radius 3 is 2.55 bits per heavy atom. The van der Waals surface area contributed by atoms with E-state index in [-0.39, 0.29) is 0 Å². The molecule has 5 nitrogen and oxygen atoms in total. The predicted molar refractivity (Wildman–Crippen MR) is 80.7 cm³/mol. The molecule has 0 radical (unpaired) electrons. The Labute approximate surface area is 118 Å². The number of hydrogen-bond acceptors (Lipinski definition) is 5. The molecule has 1 heterocycles. The van der Waals surface area contributed by atoms with Crippen LogP contribution >= 0.6 is 0 Å². The lowest BCUT2D eigenvalue weighted by atomic mass is 10.2. The minimum absolute atomic E-state index is 0.458. The highest BCUT2D eigenvalue weighted by Crippen LogP contribution is 2.32. The lowest BCUT2D eigenvalue weighted by Crippen LogP contribution is -2.01. The molecular formula is C15H19N3O2. The van der Waals surface area contributed by atoms with E-state index in [0.717, 1.165) is 17.1 Å². The topological polar surface area (TPSA) is 69.4 Å². The number of hydrogen-bond donors (Lipinski definition) is 2. The summed E-state index contributed by atoms with van der Waals surface area (Å²) < 4.78 is 11.1. The van der Waals surface area contributed by atoms with Gasteiger partial charge in [-0.1, -0.05) is 0 Å². The number of nitrogens with zero attached hydrogens (tertiary/aromatic N) is 1. The highest BCUT2D eigenvalue weighted by atomic mass is 16.5. The molecule has 2 rings (SSSR count). The number of anilines is 3. The monoisotopic (exact) mass is 273 g/mol. The molecule has 106 valence electrons. The van der Waals surface area contributed by atoms with Crippen molar-refractivity contribution in [1.82, 2.24) is 4.98 Å². The Balaban J connectivity index is 2.24. The normalized spacial score (nSPS) is 10.1. The van der Waals surface area contributed by atoms with Crippen molar-refractivity contribution in [3.8, 4) is 11.5 Å². The average molecular weight is 273 g/mol. The van der Waals surface area contributed by atoms with E-state index in [0.29, 0.717) is 24.8 Å². The molecule has 20 heavy (non-hydrogen) atoms. The zero-order chi connectivity index (χ0) is 14.4. The molecule has 0 saturated carbocycles. The summed E-state index contributed by atoms with van der Waals surface area (Å²) >= 11 is 0. The van der Waals surface area contributed by atoms with Gasteiger partial charge in [-0.05, 0) is 38.1 Å². The molecule has 0 aliphatic heterocycles. The van der Waals surface area contributed by atoms with Crippen LogP contribution in [0.1, 0.15) is 13.8 Å². The number of nitrogens with two attached hydrogens (primary N) is 1. The van der Waals surface area contributed by atoms with Crippen molar-refractivity contribution in [2.24, 2.45) is 0 Å². The summed E-state index contributed by atoms with van der Waals surface area (Å²) in [7, 11) is 0. The van der Waals surface area contributed by atoms with Gasteiger partial charge in [-0.3, -0.25) is 0 Å². The van der Waals surface area contributed by atoms with Crippen LogP contribution in [-0.4, -0.2) is 18.2 Å². The summed E-state index contributed by atoms with van der Waals surface area (Å²) in [5, 5.41) is 3.22. The van der Waals surface area contributed by atoms with Crippen LogP contribution in [-0.2, 0) is 0 Å². The first-order valence-electron chi connectivity index (χ1n) is 6.61. The van der Waals surface area contributed by atoms with Crippen LogP contribution in [0.5, 0.6) is 11.5 Å². The van der Waals surface area contributed by atoms with Crippen molar-refractivity contribution in [3.05, 3.63) is 36.5 Å². The van der Waals surface area contributed by atoms with Crippen LogP contribution in [0, 0.1) is 0 Å². The van der Waals surface area contributed by atoms with Crippen molar-refractivity contribution in [3.63, 3.8) is 0 Å². The second-order valence-electron chi connectivity index (χ2n) is 4.09. The van der Waals surface area contributed by atoms with Crippen LogP contribution < -0.4 is 20.5 Å². The first-order valence-corrected chi connectivity index (χ1v) is 6.61. The number of aromatic nitrogens is 1. The van der Waals surface area contributed by atoms with E-state index in [1.54, 1.807) is 6.20 Å². The third-order valence-corrected chi connectivity index (χ3v) is 2.66. The van der Waals surface area contributed by atoms with E-state index in [2.05, 4.69) is 10.3 Å². The zero-order valence-corrected chi connectivity index (χ0v) is 11.7. The predicted octanol–water partition coefficient (Wildman–Crippen LogP) is 3.20. The fraction of sp³-hybridized carbons (Fsp3) is 0.267. The summed E-state index contributed by atoms with van der Waals surface area (Å²) in [6, 6.07) is 9.39. The molecule has 0 spiro atoms. The molecule has 2 aromatic rings. The van der Waals surface area contributed by atoms with Crippen molar-refractivity contribution in [1.29, 1.82) is 0 Å². The lowest BCUT2D eigenvalue weighted by Gasteiger charge is -2.14. The number of pyridine rings is 1. The van der Waals surface area contributed by atoms with Gasteiger partial charge in [0, 0.05) is 18.0 Å². The third-order valence-electron chi connectivity index (χ3n) is 2.66. The summed E-state index contributed by atoms with van der Waals surface area (Å²) in [6.07, 6.45) is 1.66. The van der Waals surface area contributed by atoms with Gasteiger partial charge in [0.2, 0.25) is 0 Å². The van der Waals surface area contributed by atoms with Crippen LogP contribution in [0.25, 0.3) is 0 Å². The van der Waals surface area contributed by atoms with Crippen LogP contribution in [0.15, 0.2) is 36.5 Å². The molecule has 5 heteroatoms. The van der Waals surface area contributed by atoms with Gasteiger partial charge in [0.05, 0.1) is 18.9 Å². The second kappa shape index (κ2) is 6.65. The molecule has 0 amide bonds. The van der Waals surface area contributed by atoms with E-state index < -0.39 is 0 Å². The quantitative estimate of drug-likeness (QED) is 0.845. The average Bonchev–Trinajstić information content (AvgIpc) is 2.45. The lowest BCUT2D eigenvalue weighted by molar-refractivity contribution is 0.288. The Kier molecular flexibility index (Phi) is 4.65. The van der Waals surface area contributed by atoms with Gasteiger partial charge in [0.25, 0.3) is 0 Å². The zero-order valence-electron chi connectivity index (χ0n) is 11.7. The van der Waals surface area contributed by atoms with Gasteiger partial charge >= 0.3 is 0 Å². The minimum Gasteiger partial charge on any atom is -0.490 e. The van der Waals surface area contributed by atoms with Crippen LogP contribution in [0.4, 0.5) is 17.2 Å². The Morgan fingerprint density at radius 1 is 1.10 bits per heavy atom. The first kappa shape index (κ1) is 14.0. The number of ether oxygens (including phenoxy) is 2. The van der Waals surface area contributed by atoms with E-state index >= 15 is 0 Å². The van der Waals surface area contributed by atoms with Crippen molar-refractivity contribution >= 4 is 17.2 Å². The van der Waals surface area contributed by atoms with Gasteiger partial charge < -0.3 is 20.5 Å².